The lowest BCUT2D eigenvalue weighted by Gasteiger charge is -2.08. The van der Waals surface area contributed by atoms with E-state index in [2.05, 4.69) is 0 Å². The Morgan fingerprint density at radius 3 is 1.33 bits per heavy atom. The van der Waals surface area contributed by atoms with Gasteiger partial charge in [0, 0.05) is 0 Å². The van der Waals surface area contributed by atoms with E-state index in [4.69, 9.17) is 32.5 Å². The molecule has 0 aromatic carbocycles. The summed E-state index contributed by atoms with van der Waals surface area (Å²) in [5, 5.41) is 25.6. The Balaban J connectivity index is -0.000000411. The number of nitrogens with two attached hydrogens (primary N) is 3. The van der Waals surface area contributed by atoms with Gasteiger partial charge >= 0.3 is 11.9 Å². The molecular weight excluding hydrogens is 362 g/mol. The third kappa shape index (κ3) is 17.3. The molecule has 0 saturated carbocycles. The molecule has 11 heteroatoms. The van der Waals surface area contributed by atoms with Gasteiger partial charge in [0.25, 0.3) is 0 Å². The van der Waals surface area contributed by atoms with Crippen molar-refractivity contribution in [1.29, 1.82) is 0 Å². The molecule has 0 aliphatic carbocycles. The van der Waals surface area contributed by atoms with Gasteiger partial charge in [-0.1, -0.05) is 0 Å². The van der Waals surface area contributed by atoms with Gasteiger partial charge in [-0.15, -0.1) is 0 Å². The van der Waals surface area contributed by atoms with E-state index in [1.165, 1.54) is 13.8 Å². The van der Waals surface area contributed by atoms with Crippen LogP contribution < -0.4 is 17.2 Å². The molecule has 27 heavy (non-hydrogen) atoms. The van der Waals surface area contributed by atoms with E-state index in [-0.39, 0.29) is 23.5 Å². The Labute approximate surface area is 158 Å². The summed E-state index contributed by atoms with van der Waals surface area (Å²) in [6.07, 6.45) is 1.06. The fourth-order valence-corrected chi connectivity index (χ4v) is 1.74. The first-order valence-corrected chi connectivity index (χ1v) is 8.31. The zero-order chi connectivity index (χ0) is 20.9. The van der Waals surface area contributed by atoms with Crippen molar-refractivity contribution in [3.63, 3.8) is 0 Å². The number of carboxylic acid groups (broad SMARTS) is 2. The number of carboxylic acids is 2. The highest BCUT2D eigenvalue weighted by Crippen LogP contribution is 2.04. The van der Waals surface area contributed by atoms with Crippen molar-refractivity contribution in [2.24, 2.45) is 17.2 Å². The summed E-state index contributed by atoms with van der Waals surface area (Å²) in [5.74, 6) is -2.46. The van der Waals surface area contributed by atoms with Crippen LogP contribution in [0.3, 0.4) is 0 Å². The fourth-order valence-electron chi connectivity index (χ4n) is 1.74. The topological polar surface area (TPSA) is 239 Å². The molecule has 0 aliphatic rings. The van der Waals surface area contributed by atoms with Crippen molar-refractivity contribution in [1.82, 2.24) is 0 Å². The third-order valence-corrected chi connectivity index (χ3v) is 3.67. The smallest absolute Gasteiger partial charge is 0.332 e. The number of aliphatic hydroxyl groups is 1. The first-order chi connectivity index (χ1) is 11.9. The summed E-state index contributed by atoms with van der Waals surface area (Å²) in [7, 11) is 0. The molecule has 0 bridgehead atoms. The van der Waals surface area contributed by atoms with E-state index in [0.29, 0.717) is 32.1 Å². The molecule has 0 aliphatic heterocycles. The molecule has 0 fully saturated rings. The average molecular weight is 395 g/mol. The molecule has 4 atom stereocenters. The molecule has 11 nitrogen and oxygen atoms in total. The Morgan fingerprint density at radius 1 is 0.704 bits per heavy atom. The number of ketones is 2. The van der Waals surface area contributed by atoms with Crippen LogP contribution in [0.25, 0.3) is 0 Å². The second-order valence-corrected chi connectivity index (χ2v) is 6.09. The van der Waals surface area contributed by atoms with Gasteiger partial charge in [-0.2, -0.15) is 0 Å². The lowest BCUT2D eigenvalue weighted by Crippen LogP contribution is -2.32. The Hall–Kier alpha value is -1.92. The lowest BCUT2D eigenvalue weighted by atomic mass is 10.0. The van der Waals surface area contributed by atoms with E-state index in [1.807, 2.05) is 0 Å². The molecule has 0 heterocycles. The zero-order valence-electron chi connectivity index (χ0n) is 15.8. The van der Waals surface area contributed by atoms with Crippen LogP contribution >= 0.6 is 0 Å². The highest BCUT2D eigenvalue weighted by molar-refractivity contribution is 5.81. The molecular formula is C16H33N3O8. The van der Waals surface area contributed by atoms with E-state index < -0.39 is 36.2 Å². The van der Waals surface area contributed by atoms with Crippen molar-refractivity contribution in [3.8, 4) is 0 Å². The van der Waals surface area contributed by atoms with Crippen molar-refractivity contribution < 1.29 is 40.0 Å². The molecule has 0 aromatic rings. The Kier molecular flexibility index (Phi) is 18.0. The molecule has 11 N–H and O–H groups in total. The van der Waals surface area contributed by atoms with Gasteiger partial charge in [0.05, 0.1) is 12.1 Å². The van der Waals surface area contributed by atoms with Crippen LogP contribution in [0.2, 0.25) is 0 Å². The van der Waals surface area contributed by atoms with Crippen molar-refractivity contribution in [3.05, 3.63) is 0 Å². The highest BCUT2D eigenvalue weighted by Gasteiger charge is 2.14. The highest BCUT2D eigenvalue weighted by atomic mass is 16.4. The number of rotatable bonds is 12. The number of carbonyl (C=O) groups excluding carboxylic acids is 2. The molecule has 2 unspecified atom stereocenters. The number of carbonyl (C=O) groups is 4. The minimum Gasteiger partial charge on any atom is -0.480 e. The van der Waals surface area contributed by atoms with Crippen molar-refractivity contribution in [2.45, 2.75) is 76.6 Å². The fraction of sp³-hybridized carbons (Fsp3) is 0.750. The average Bonchev–Trinajstić information content (AvgIpc) is 2.54. The third-order valence-electron chi connectivity index (χ3n) is 3.67. The summed E-state index contributed by atoms with van der Waals surface area (Å²) in [5.41, 5.74) is 16.1. The summed E-state index contributed by atoms with van der Waals surface area (Å²) in [6, 6.07) is -1.87. The van der Waals surface area contributed by atoms with Gasteiger partial charge < -0.3 is 38.0 Å². The maximum Gasteiger partial charge on any atom is 0.332 e. The van der Waals surface area contributed by atoms with E-state index in [0.717, 1.165) is 0 Å². The molecule has 0 aromatic heterocycles. The van der Waals surface area contributed by atoms with Crippen LogP contribution in [0.5, 0.6) is 0 Å². The predicted octanol–water partition coefficient (Wildman–Crippen LogP) is -1.82. The summed E-state index contributed by atoms with van der Waals surface area (Å²) in [4.78, 5) is 41.8. The first-order valence-electron chi connectivity index (χ1n) is 8.31. The van der Waals surface area contributed by atoms with E-state index in [9.17, 15) is 19.2 Å². The van der Waals surface area contributed by atoms with Gasteiger partial charge in [0.2, 0.25) is 0 Å². The van der Waals surface area contributed by atoms with Gasteiger partial charge in [-0.3, -0.25) is 14.4 Å². The molecule has 0 radical (unpaired) electrons. The van der Waals surface area contributed by atoms with Crippen LogP contribution in [0.15, 0.2) is 0 Å². The van der Waals surface area contributed by atoms with Crippen LogP contribution in [-0.2, 0) is 19.2 Å². The minimum atomic E-state index is -1.35. The van der Waals surface area contributed by atoms with Crippen LogP contribution in [-0.4, -0.2) is 68.5 Å². The van der Waals surface area contributed by atoms with E-state index >= 15 is 0 Å². The SMILES string of the molecule is CC(=O)C(N)CCCC(O)C(=O)O.CC(=O)[C@H](N)CCC[C@H](N)C(=O)O.O. The first kappa shape index (κ1) is 29.8. The Morgan fingerprint density at radius 2 is 1.04 bits per heavy atom. The summed E-state index contributed by atoms with van der Waals surface area (Å²) in [6.45, 7) is 2.81. The number of hydrogen-bond acceptors (Lipinski definition) is 8. The monoisotopic (exact) mass is 395 g/mol. The van der Waals surface area contributed by atoms with Crippen molar-refractivity contribution in [2.75, 3.05) is 0 Å². The molecule has 0 spiro atoms. The van der Waals surface area contributed by atoms with Crippen LogP contribution in [0, 0.1) is 0 Å². The summed E-state index contributed by atoms with van der Waals surface area (Å²) < 4.78 is 0. The van der Waals surface area contributed by atoms with Crippen LogP contribution in [0.4, 0.5) is 0 Å². The second-order valence-electron chi connectivity index (χ2n) is 6.09. The van der Waals surface area contributed by atoms with Crippen LogP contribution in [0.1, 0.15) is 52.4 Å². The summed E-state index contributed by atoms with van der Waals surface area (Å²) >= 11 is 0. The maximum atomic E-state index is 10.7. The van der Waals surface area contributed by atoms with Gasteiger partial charge in [-0.25, -0.2) is 4.79 Å². The maximum absolute atomic E-state index is 10.7. The van der Waals surface area contributed by atoms with Gasteiger partial charge in [0.1, 0.15) is 17.6 Å². The number of aliphatic carboxylic acids is 2. The molecule has 0 rings (SSSR count). The number of aliphatic hydroxyl groups excluding tert-OH is 1. The largest absolute Gasteiger partial charge is 0.480 e. The molecule has 160 valence electrons. The molecule has 0 amide bonds. The van der Waals surface area contributed by atoms with Gasteiger partial charge in [-0.05, 0) is 52.4 Å². The zero-order valence-corrected chi connectivity index (χ0v) is 15.8. The second kappa shape index (κ2) is 16.3. The van der Waals surface area contributed by atoms with Crippen molar-refractivity contribution >= 4 is 23.5 Å². The molecule has 0 saturated heterocycles. The lowest BCUT2D eigenvalue weighted by molar-refractivity contribution is -0.147. The van der Waals surface area contributed by atoms with E-state index in [1.54, 1.807) is 0 Å². The van der Waals surface area contributed by atoms with Gasteiger partial charge in [0.15, 0.2) is 6.10 Å². The number of Topliss-reactive ketones (excluding diaryl/α,β-unsaturated/α-hetero) is 2. The normalized spacial score (nSPS) is 14.4. The minimum absolute atomic E-state index is 0. The number of hydrogen-bond donors (Lipinski definition) is 6. The Bertz CT molecular complexity index is 391. The quantitative estimate of drug-likeness (QED) is 0.216. The standard InChI is InChI=1S/C8H16N2O3.C8H15NO4.H2O/c1-5(11)6(9)3-2-4-7(10)8(12)13;1-5(10)6(9)3-2-4-7(11)8(12)13;/h6-7H,2-4,9-10H2,1H3,(H,12,13);6-7,11H,2-4,9H2,1H3,(H,12,13);1H2/t6-,7+;;/m1../s1. The predicted molar refractivity (Wildman–Crippen MR) is 97.9 cm³/mol.